The second-order valence-corrected chi connectivity index (χ2v) is 3.73. The van der Waals surface area contributed by atoms with E-state index < -0.39 is 0 Å². The maximum atomic E-state index is 6.16. The first-order chi connectivity index (χ1) is 6.65. The van der Waals surface area contributed by atoms with Crippen LogP contribution in [0.2, 0.25) is 5.15 Å². The lowest BCUT2D eigenvalue weighted by Crippen LogP contribution is -1.99. The molecule has 0 radical (unpaired) electrons. The van der Waals surface area contributed by atoms with E-state index in [-0.39, 0.29) is 0 Å². The highest BCUT2D eigenvalue weighted by molar-refractivity contribution is 6.30. The molecule has 0 N–H and O–H groups in total. The van der Waals surface area contributed by atoms with Gasteiger partial charge in [-0.15, -0.1) is 0 Å². The van der Waals surface area contributed by atoms with E-state index in [1.54, 1.807) is 4.52 Å². The van der Waals surface area contributed by atoms with Gasteiger partial charge in [0.1, 0.15) is 5.15 Å². The van der Waals surface area contributed by atoms with Crippen LogP contribution in [0.3, 0.4) is 0 Å². The van der Waals surface area contributed by atoms with Crippen LogP contribution in [0.25, 0.3) is 5.65 Å². The maximum absolute atomic E-state index is 6.16. The van der Waals surface area contributed by atoms with Gasteiger partial charge >= 0.3 is 0 Å². The van der Waals surface area contributed by atoms with Gasteiger partial charge in [0.25, 0.3) is 0 Å². The summed E-state index contributed by atoms with van der Waals surface area (Å²) in [5.41, 5.74) is 3.97. The molecule has 0 atom stereocenters. The van der Waals surface area contributed by atoms with E-state index in [0.717, 1.165) is 28.9 Å². The van der Waals surface area contributed by atoms with Crippen LogP contribution in [0.15, 0.2) is 6.20 Å². The molecule has 0 saturated heterocycles. The summed E-state index contributed by atoms with van der Waals surface area (Å²) in [6, 6.07) is 0. The molecule has 0 fully saturated rings. The summed E-state index contributed by atoms with van der Waals surface area (Å²) in [4.78, 5) is 4.48. The zero-order chi connectivity index (χ0) is 10.3. The highest BCUT2D eigenvalue weighted by Crippen LogP contribution is 2.20. The molecule has 0 aliphatic rings. The normalized spacial score (nSPS) is 11.1. The summed E-state index contributed by atoms with van der Waals surface area (Å²) in [7, 11) is 0. The third kappa shape index (κ3) is 1.20. The van der Waals surface area contributed by atoms with Gasteiger partial charge in [0.2, 0.25) is 0 Å². The Kier molecular flexibility index (Phi) is 2.19. The van der Waals surface area contributed by atoms with Gasteiger partial charge in [-0.2, -0.15) is 5.10 Å². The number of aryl methyl sites for hydroxylation is 2. The van der Waals surface area contributed by atoms with Gasteiger partial charge in [0.05, 0.1) is 6.20 Å². The third-order valence-electron chi connectivity index (χ3n) is 2.51. The summed E-state index contributed by atoms with van der Waals surface area (Å²) >= 11 is 6.16. The van der Waals surface area contributed by atoms with Crippen LogP contribution < -0.4 is 0 Å². The van der Waals surface area contributed by atoms with Crippen molar-refractivity contribution in [2.24, 2.45) is 0 Å². The Bertz CT molecular complexity index is 488. The van der Waals surface area contributed by atoms with Crippen molar-refractivity contribution in [2.45, 2.75) is 27.2 Å². The standard InChI is InChI=1S/C10H12ClN3/c1-4-8-5-12-14-9(11)6(2)7(3)13-10(8)14/h5H,4H2,1-3H3. The minimum Gasteiger partial charge on any atom is -0.233 e. The van der Waals surface area contributed by atoms with Crippen LogP contribution in [-0.4, -0.2) is 14.6 Å². The predicted molar refractivity (Wildman–Crippen MR) is 56.8 cm³/mol. The number of aromatic nitrogens is 3. The van der Waals surface area contributed by atoms with Gasteiger partial charge in [0, 0.05) is 16.8 Å². The van der Waals surface area contributed by atoms with Crippen molar-refractivity contribution in [3.63, 3.8) is 0 Å². The molecule has 0 amide bonds. The van der Waals surface area contributed by atoms with Gasteiger partial charge in [0.15, 0.2) is 5.65 Å². The van der Waals surface area contributed by atoms with Crippen LogP contribution in [0.4, 0.5) is 0 Å². The zero-order valence-corrected chi connectivity index (χ0v) is 9.26. The molecule has 14 heavy (non-hydrogen) atoms. The lowest BCUT2D eigenvalue weighted by Gasteiger charge is -2.04. The van der Waals surface area contributed by atoms with Crippen molar-refractivity contribution in [3.05, 3.63) is 28.2 Å². The average Bonchev–Trinajstić information content (AvgIpc) is 2.57. The Labute approximate surface area is 87.7 Å². The molecule has 2 rings (SSSR count). The second-order valence-electron chi connectivity index (χ2n) is 3.37. The fourth-order valence-corrected chi connectivity index (χ4v) is 1.70. The predicted octanol–water partition coefficient (Wildman–Crippen LogP) is 2.56. The summed E-state index contributed by atoms with van der Waals surface area (Å²) in [6.45, 7) is 6.01. The fourth-order valence-electron chi connectivity index (χ4n) is 1.44. The molecule has 0 bridgehead atoms. The summed E-state index contributed by atoms with van der Waals surface area (Å²) in [5, 5.41) is 4.87. The molecule has 4 heteroatoms. The van der Waals surface area contributed by atoms with E-state index in [0.29, 0.717) is 5.15 Å². The van der Waals surface area contributed by atoms with Crippen molar-refractivity contribution in [2.75, 3.05) is 0 Å². The fraction of sp³-hybridized carbons (Fsp3) is 0.400. The molecule has 3 nitrogen and oxygen atoms in total. The lowest BCUT2D eigenvalue weighted by molar-refractivity contribution is 0.915. The molecule has 0 spiro atoms. The van der Waals surface area contributed by atoms with Crippen LogP contribution >= 0.6 is 11.6 Å². The second kappa shape index (κ2) is 3.24. The van der Waals surface area contributed by atoms with E-state index >= 15 is 0 Å². The van der Waals surface area contributed by atoms with E-state index in [2.05, 4.69) is 17.0 Å². The van der Waals surface area contributed by atoms with E-state index in [4.69, 9.17) is 11.6 Å². The first-order valence-electron chi connectivity index (χ1n) is 4.64. The monoisotopic (exact) mass is 209 g/mol. The number of hydrogen-bond acceptors (Lipinski definition) is 2. The maximum Gasteiger partial charge on any atom is 0.160 e. The van der Waals surface area contributed by atoms with Gasteiger partial charge in [-0.1, -0.05) is 18.5 Å². The Hall–Kier alpha value is -1.09. The number of hydrogen-bond donors (Lipinski definition) is 0. The SMILES string of the molecule is CCc1cnn2c(Cl)c(C)c(C)nc12. The minimum atomic E-state index is 0.659. The lowest BCUT2D eigenvalue weighted by atomic mass is 10.2. The largest absolute Gasteiger partial charge is 0.233 e. The molecule has 0 saturated carbocycles. The van der Waals surface area contributed by atoms with Gasteiger partial charge in [-0.05, 0) is 20.3 Å². The Morgan fingerprint density at radius 3 is 2.79 bits per heavy atom. The molecular formula is C10H12ClN3. The Morgan fingerprint density at radius 1 is 1.43 bits per heavy atom. The Balaban J connectivity index is 2.86. The first kappa shape index (κ1) is 9.46. The highest BCUT2D eigenvalue weighted by Gasteiger charge is 2.10. The molecule has 0 aliphatic carbocycles. The Morgan fingerprint density at radius 2 is 2.14 bits per heavy atom. The third-order valence-corrected chi connectivity index (χ3v) is 2.95. The molecule has 74 valence electrons. The molecule has 2 aromatic rings. The first-order valence-corrected chi connectivity index (χ1v) is 5.02. The number of halogens is 1. The quantitative estimate of drug-likeness (QED) is 0.676. The van der Waals surface area contributed by atoms with Gasteiger partial charge in [-0.25, -0.2) is 9.50 Å². The molecule has 0 aromatic carbocycles. The van der Waals surface area contributed by atoms with Crippen molar-refractivity contribution in [1.29, 1.82) is 0 Å². The summed E-state index contributed by atoms with van der Waals surface area (Å²) in [5.74, 6) is 0. The average molecular weight is 210 g/mol. The molecular weight excluding hydrogens is 198 g/mol. The highest BCUT2D eigenvalue weighted by atomic mass is 35.5. The number of fused-ring (bicyclic) bond motifs is 1. The van der Waals surface area contributed by atoms with Gasteiger partial charge < -0.3 is 0 Å². The summed E-state index contributed by atoms with van der Waals surface area (Å²) < 4.78 is 1.70. The van der Waals surface area contributed by atoms with Crippen LogP contribution in [0, 0.1) is 13.8 Å². The van der Waals surface area contributed by atoms with E-state index in [9.17, 15) is 0 Å². The van der Waals surface area contributed by atoms with E-state index in [1.807, 2.05) is 20.0 Å². The van der Waals surface area contributed by atoms with Crippen molar-refractivity contribution in [3.8, 4) is 0 Å². The van der Waals surface area contributed by atoms with Crippen LogP contribution in [-0.2, 0) is 6.42 Å². The topological polar surface area (TPSA) is 30.2 Å². The zero-order valence-electron chi connectivity index (χ0n) is 8.50. The van der Waals surface area contributed by atoms with Crippen molar-refractivity contribution in [1.82, 2.24) is 14.6 Å². The number of nitrogens with zero attached hydrogens (tertiary/aromatic N) is 3. The molecule has 0 aliphatic heterocycles. The number of rotatable bonds is 1. The molecule has 2 heterocycles. The van der Waals surface area contributed by atoms with Gasteiger partial charge in [-0.3, -0.25) is 0 Å². The molecule has 2 aromatic heterocycles. The summed E-state index contributed by atoms with van der Waals surface area (Å²) in [6.07, 6.45) is 2.75. The van der Waals surface area contributed by atoms with Crippen LogP contribution in [0.1, 0.15) is 23.7 Å². The van der Waals surface area contributed by atoms with E-state index in [1.165, 1.54) is 0 Å². The smallest absolute Gasteiger partial charge is 0.160 e. The van der Waals surface area contributed by atoms with Crippen molar-refractivity contribution >= 4 is 17.2 Å². The van der Waals surface area contributed by atoms with Crippen molar-refractivity contribution < 1.29 is 0 Å². The minimum absolute atomic E-state index is 0.659. The molecule has 0 unspecified atom stereocenters. The van der Waals surface area contributed by atoms with Crippen LogP contribution in [0.5, 0.6) is 0 Å².